The molecule has 2 aromatic carbocycles. The summed E-state index contributed by atoms with van der Waals surface area (Å²) in [7, 11) is -7.09. The van der Waals surface area contributed by atoms with Crippen LogP contribution in [0, 0.1) is 0 Å². The molecule has 0 spiro atoms. The van der Waals surface area contributed by atoms with Crippen molar-refractivity contribution in [3.63, 3.8) is 0 Å². The second-order valence-corrected chi connectivity index (χ2v) is 11.4. The predicted octanol–water partition coefficient (Wildman–Crippen LogP) is 3.26. The third-order valence-electron chi connectivity index (χ3n) is 5.24. The first-order chi connectivity index (χ1) is 17.6. The topological polar surface area (TPSA) is 124 Å². The molecule has 0 heterocycles. The summed E-state index contributed by atoms with van der Waals surface area (Å²) in [4.78, 5) is 24.6. The first-order valence-corrected chi connectivity index (χ1v) is 13.9. The zero-order valence-corrected chi connectivity index (χ0v) is 21.7. The minimum Gasteiger partial charge on any atom is -0.466 e. The van der Waals surface area contributed by atoms with Crippen molar-refractivity contribution >= 4 is 44.1 Å². The van der Waals surface area contributed by atoms with Crippen molar-refractivity contribution in [3.05, 3.63) is 106 Å². The number of methoxy groups -OCH3 is 2. The van der Waals surface area contributed by atoms with Crippen LogP contribution in [0.1, 0.15) is 17.5 Å². The summed E-state index contributed by atoms with van der Waals surface area (Å²) in [5, 5.41) is 1.52. The molecular formula is C26H25NO8S2. The van der Waals surface area contributed by atoms with Crippen molar-refractivity contribution in [2.75, 3.05) is 14.2 Å². The molecular weight excluding hydrogens is 518 g/mol. The van der Waals surface area contributed by atoms with Crippen LogP contribution in [0.2, 0.25) is 0 Å². The molecule has 0 aliphatic heterocycles. The van der Waals surface area contributed by atoms with Crippen molar-refractivity contribution in [1.82, 2.24) is 3.71 Å². The molecule has 0 N–H and O–H groups in total. The van der Waals surface area contributed by atoms with Crippen LogP contribution in [0.3, 0.4) is 0 Å². The summed E-state index contributed by atoms with van der Waals surface area (Å²) in [6, 6.07) is 15.4. The van der Waals surface area contributed by atoms with Gasteiger partial charge in [-0.1, -0.05) is 70.5 Å². The van der Waals surface area contributed by atoms with Crippen LogP contribution in [-0.2, 0) is 39.1 Å². The number of rotatable bonds is 9. The van der Waals surface area contributed by atoms with Crippen LogP contribution in [0.15, 0.2) is 94.8 Å². The molecule has 11 heteroatoms. The molecule has 2 aromatic rings. The van der Waals surface area contributed by atoms with E-state index in [2.05, 4.69) is 0 Å². The number of benzene rings is 2. The van der Waals surface area contributed by atoms with Gasteiger partial charge in [0.25, 0.3) is 0 Å². The molecule has 0 saturated heterocycles. The highest BCUT2D eigenvalue weighted by atomic mass is 32.3. The highest BCUT2D eigenvalue weighted by molar-refractivity contribution is 8.06. The fourth-order valence-corrected chi connectivity index (χ4v) is 6.92. The molecule has 1 unspecified atom stereocenters. The zero-order chi connectivity index (χ0) is 27.1. The van der Waals surface area contributed by atoms with Crippen molar-refractivity contribution in [2.24, 2.45) is 0 Å². The van der Waals surface area contributed by atoms with E-state index in [9.17, 15) is 26.4 Å². The van der Waals surface area contributed by atoms with Crippen molar-refractivity contribution in [1.29, 1.82) is 0 Å². The van der Waals surface area contributed by atoms with Gasteiger partial charge in [-0.15, -0.1) is 0 Å². The van der Waals surface area contributed by atoms with E-state index in [0.29, 0.717) is 11.1 Å². The quantitative estimate of drug-likeness (QED) is 0.442. The summed E-state index contributed by atoms with van der Waals surface area (Å²) in [6.45, 7) is 0. The van der Waals surface area contributed by atoms with E-state index in [1.54, 1.807) is 60.7 Å². The number of hydrogen-bond donors (Lipinski definition) is 0. The number of carbonyl (C=O) groups is 2. The second kappa shape index (κ2) is 12.0. The number of ether oxygens (including phenoxy) is 2. The van der Waals surface area contributed by atoms with E-state index in [1.165, 1.54) is 18.2 Å². The van der Waals surface area contributed by atoms with E-state index >= 15 is 0 Å². The lowest BCUT2D eigenvalue weighted by atomic mass is 9.96. The number of carbonyl (C=O) groups excluding carboxylic acids is 2. The van der Waals surface area contributed by atoms with Gasteiger partial charge in [-0.3, -0.25) is 0 Å². The Hall–Kier alpha value is -3.80. The van der Waals surface area contributed by atoms with Crippen LogP contribution in [0.25, 0.3) is 12.2 Å². The number of hydrogen-bond acceptors (Lipinski definition) is 8. The van der Waals surface area contributed by atoms with Crippen LogP contribution in [0.4, 0.5) is 0 Å². The minimum absolute atomic E-state index is 0.0927. The summed E-state index contributed by atoms with van der Waals surface area (Å²) in [5.41, 5.74) is 0.763. The lowest BCUT2D eigenvalue weighted by molar-refractivity contribution is -0.136. The highest BCUT2D eigenvalue weighted by Crippen LogP contribution is 2.29. The van der Waals surface area contributed by atoms with Gasteiger partial charge in [0.15, 0.2) is 0 Å². The normalized spacial score (nSPS) is 16.5. The fraction of sp³-hybridized carbons (Fsp3) is 0.154. The monoisotopic (exact) mass is 543 g/mol. The van der Waals surface area contributed by atoms with Crippen LogP contribution in [-0.4, -0.2) is 52.7 Å². The molecule has 37 heavy (non-hydrogen) atoms. The second-order valence-electron chi connectivity index (χ2n) is 7.79. The predicted molar refractivity (Wildman–Crippen MR) is 139 cm³/mol. The largest absolute Gasteiger partial charge is 0.466 e. The SMILES string of the molecule is COC(=O)C1=CC(N(S(=O)(=O)/C=C/c2ccccc2)S(=O)(=O)/C=C/c2ccccc2)CC(C(=O)OC)=C1. The van der Waals surface area contributed by atoms with Crippen LogP contribution < -0.4 is 0 Å². The average Bonchev–Trinajstić information content (AvgIpc) is 2.90. The van der Waals surface area contributed by atoms with E-state index in [4.69, 9.17) is 9.47 Å². The van der Waals surface area contributed by atoms with E-state index in [-0.39, 0.29) is 21.3 Å². The number of nitrogens with zero attached hydrogens (tertiary/aromatic N) is 1. The van der Waals surface area contributed by atoms with Gasteiger partial charge in [-0.2, -0.15) is 0 Å². The van der Waals surface area contributed by atoms with Gasteiger partial charge in [-0.25, -0.2) is 26.4 Å². The number of esters is 2. The first kappa shape index (κ1) is 27.8. The molecule has 0 radical (unpaired) electrons. The Balaban J connectivity index is 2.14. The van der Waals surface area contributed by atoms with Gasteiger partial charge in [0, 0.05) is 22.8 Å². The molecule has 0 saturated carbocycles. The first-order valence-electron chi connectivity index (χ1n) is 10.9. The Bertz CT molecular complexity index is 1390. The maximum absolute atomic E-state index is 13.5. The lowest BCUT2D eigenvalue weighted by Crippen LogP contribution is -2.43. The Labute approximate surface area is 216 Å². The van der Waals surface area contributed by atoms with Gasteiger partial charge in [-0.05, 0) is 29.4 Å². The smallest absolute Gasteiger partial charge is 0.337 e. The molecule has 0 amide bonds. The standard InChI is InChI=1S/C26H25NO8S2/c1-34-25(28)22-17-23(26(29)35-2)19-24(18-22)27(36(30,31)15-13-20-9-5-3-6-10-20)37(32,33)16-14-21-11-7-4-8-12-21/h3-18,24H,19H2,1-2H3/b15-13+,16-14+. The Morgan fingerprint density at radius 2 is 1.24 bits per heavy atom. The van der Waals surface area contributed by atoms with Gasteiger partial charge in [0.2, 0.25) is 20.0 Å². The average molecular weight is 544 g/mol. The molecule has 194 valence electrons. The van der Waals surface area contributed by atoms with E-state index in [0.717, 1.165) is 31.1 Å². The van der Waals surface area contributed by atoms with Crippen molar-refractivity contribution < 1.29 is 35.9 Å². The summed E-state index contributed by atoms with van der Waals surface area (Å²) in [5.74, 6) is -1.71. The Morgan fingerprint density at radius 3 is 1.68 bits per heavy atom. The number of sulfonamides is 2. The molecule has 1 aliphatic carbocycles. The third-order valence-corrected chi connectivity index (χ3v) is 8.99. The summed E-state index contributed by atoms with van der Waals surface area (Å²) < 4.78 is 63.7. The van der Waals surface area contributed by atoms with Crippen LogP contribution >= 0.6 is 0 Å². The Kier molecular flexibility index (Phi) is 8.98. The van der Waals surface area contributed by atoms with Gasteiger partial charge < -0.3 is 9.47 Å². The van der Waals surface area contributed by atoms with Gasteiger partial charge >= 0.3 is 11.9 Å². The van der Waals surface area contributed by atoms with Crippen molar-refractivity contribution in [2.45, 2.75) is 12.5 Å². The fourth-order valence-electron chi connectivity index (χ4n) is 3.54. The Morgan fingerprint density at radius 1 is 0.784 bits per heavy atom. The molecule has 0 bridgehead atoms. The summed E-state index contributed by atoms with van der Waals surface area (Å²) >= 11 is 0. The zero-order valence-electron chi connectivity index (χ0n) is 20.1. The summed E-state index contributed by atoms with van der Waals surface area (Å²) in [6.07, 6.45) is 4.47. The minimum atomic E-state index is -4.66. The lowest BCUT2D eigenvalue weighted by Gasteiger charge is -2.28. The molecule has 1 aliphatic rings. The molecule has 1 atom stereocenters. The molecule has 3 rings (SSSR count). The van der Waals surface area contributed by atoms with E-state index < -0.39 is 38.0 Å². The van der Waals surface area contributed by atoms with E-state index in [1.807, 2.05) is 0 Å². The van der Waals surface area contributed by atoms with Gasteiger partial charge in [0.05, 0.1) is 25.8 Å². The third kappa shape index (κ3) is 7.13. The molecule has 9 nitrogen and oxygen atoms in total. The molecule has 0 aromatic heterocycles. The van der Waals surface area contributed by atoms with Crippen LogP contribution in [0.5, 0.6) is 0 Å². The maximum atomic E-state index is 13.5. The molecule has 0 fully saturated rings. The highest BCUT2D eigenvalue weighted by Gasteiger charge is 2.40. The van der Waals surface area contributed by atoms with Gasteiger partial charge in [0.1, 0.15) is 0 Å². The maximum Gasteiger partial charge on any atom is 0.337 e. The van der Waals surface area contributed by atoms with Crippen molar-refractivity contribution in [3.8, 4) is 0 Å².